The molecule has 0 aliphatic carbocycles. The lowest BCUT2D eigenvalue weighted by molar-refractivity contribution is -0.123. The van der Waals surface area contributed by atoms with Crippen LogP contribution < -0.4 is 5.32 Å². The number of rotatable bonds is 47. The summed E-state index contributed by atoms with van der Waals surface area (Å²) in [6.07, 6.45) is 78.4. The van der Waals surface area contributed by atoms with Gasteiger partial charge in [0, 0.05) is 6.42 Å². The van der Waals surface area contributed by atoms with Crippen LogP contribution in [0.2, 0.25) is 0 Å². The van der Waals surface area contributed by atoms with E-state index in [1.807, 2.05) is 6.08 Å². The van der Waals surface area contributed by atoms with Crippen molar-refractivity contribution in [1.82, 2.24) is 5.32 Å². The van der Waals surface area contributed by atoms with Gasteiger partial charge in [0.25, 0.3) is 0 Å². The highest BCUT2D eigenvalue weighted by atomic mass is 16.3. The highest BCUT2D eigenvalue weighted by molar-refractivity contribution is 5.76. The van der Waals surface area contributed by atoms with Gasteiger partial charge in [-0.25, -0.2) is 0 Å². The van der Waals surface area contributed by atoms with E-state index in [1.165, 1.54) is 154 Å². The van der Waals surface area contributed by atoms with Gasteiger partial charge in [-0.15, -0.1) is 0 Å². The number of unbranched alkanes of at least 4 members (excludes halogenated alkanes) is 26. The maximum absolute atomic E-state index is 12.4. The number of aliphatic hydroxyl groups excluding tert-OH is 2. The number of nitrogens with one attached hydrogen (secondary N) is 1. The number of amides is 1. The number of allylic oxidation sites excluding steroid dienone is 15. The summed E-state index contributed by atoms with van der Waals surface area (Å²) in [5.74, 6) is -0.0797. The number of aliphatic hydroxyl groups is 2. The summed E-state index contributed by atoms with van der Waals surface area (Å²) in [7, 11) is 0. The van der Waals surface area contributed by atoms with Gasteiger partial charge in [0.05, 0.1) is 18.8 Å². The van der Waals surface area contributed by atoms with E-state index in [-0.39, 0.29) is 12.5 Å². The third-order valence-electron chi connectivity index (χ3n) is 11.5. The molecule has 356 valence electrons. The van der Waals surface area contributed by atoms with Crippen molar-refractivity contribution >= 4 is 5.91 Å². The maximum Gasteiger partial charge on any atom is 0.220 e. The Morgan fingerprint density at radius 1 is 0.403 bits per heavy atom. The summed E-state index contributed by atoms with van der Waals surface area (Å²) < 4.78 is 0. The Hall–Kier alpha value is -2.69. The molecule has 0 aromatic carbocycles. The third-order valence-corrected chi connectivity index (χ3v) is 11.5. The molecule has 4 heteroatoms. The highest BCUT2D eigenvalue weighted by Gasteiger charge is 2.17. The fourth-order valence-electron chi connectivity index (χ4n) is 7.53. The van der Waals surface area contributed by atoms with E-state index in [9.17, 15) is 15.0 Å². The smallest absolute Gasteiger partial charge is 0.220 e. The lowest BCUT2D eigenvalue weighted by atomic mass is 10.0. The Morgan fingerprint density at radius 2 is 0.726 bits per heavy atom. The van der Waals surface area contributed by atoms with Crippen LogP contribution in [-0.4, -0.2) is 34.9 Å². The van der Waals surface area contributed by atoms with Crippen LogP contribution in [0.15, 0.2) is 97.2 Å². The molecule has 0 saturated carbocycles. The second-order valence-electron chi connectivity index (χ2n) is 17.5. The minimum absolute atomic E-state index is 0.0797. The first-order valence-electron chi connectivity index (χ1n) is 26.5. The van der Waals surface area contributed by atoms with Gasteiger partial charge >= 0.3 is 0 Å². The van der Waals surface area contributed by atoms with Crippen molar-refractivity contribution in [2.24, 2.45) is 0 Å². The molecule has 3 N–H and O–H groups in total. The maximum atomic E-state index is 12.4. The quantitative estimate of drug-likeness (QED) is 0.0422. The number of hydrogen-bond donors (Lipinski definition) is 3. The van der Waals surface area contributed by atoms with Crippen LogP contribution in [-0.2, 0) is 4.79 Å². The molecule has 0 rings (SSSR count). The molecule has 62 heavy (non-hydrogen) atoms. The zero-order valence-electron chi connectivity index (χ0n) is 40.9. The summed E-state index contributed by atoms with van der Waals surface area (Å²) in [6.45, 7) is 4.17. The lowest BCUT2D eigenvalue weighted by Crippen LogP contribution is -2.45. The first kappa shape index (κ1) is 59.3. The van der Waals surface area contributed by atoms with Crippen LogP contribution >= 0.6 is 0 Å². The van der Waals surface area contributed by atoms with Crippen LogP contribution in [0.25, 0.3) is 0 Å². The monoisotopic (exact) mass is 860 g/mol. The molecular weight excluding hydrogens is 759 g/mol. The van der Waals surface area contributed by atoms with Crippen LogP contribution in [0.1, 0.15) is 245 Å². The van der Waals surface area contributed by atoms with Crippen molar-refractivity contribution in [3.63, 3.8) is 0 Å². The van der Waals surface area contributed by atoms with Crippen LogP contribution in [0.4, 0.5) is 0 Å². The van der Waals surface area contributed by atoms with Crippen molar-refractivity contribution < 1.29 is 15.0 Å². The molecule has 2 atom stereocenters. The van der Waals surface area contributed by atoms with Crippen LogP contribution in [0.5, 0.6) is 0 Å². The molecular formula is C58H101NO3. The van der Waals surface area contributed by atoms with E-state index in [2.05, 4.69) is 104 Å². The summed E-state index contributed by atoms with van der Waals surface area (Å²) in [4.78, 5) is 12.4. The van der Waals surface area contributed by atoms with Crippen molar-refractivity contribution in [3.8, 4) is 0 Å². The molecule has 0 fully saturated rings. The van der Waals surface area contributed by atoms with Crippen molar-refractivity contribution in [3.05, 3.63) is 97.2 Å². The van der Waals surface area contributed by atoms with Gasteiger partial charge in [0.2, 0.25) is 5.91 Å². The molecule has 2 unspecified atom stereocenters. The fourth-order valence-corrected chi connectivity index (χ4v) is 7.53. The summed E-state index contributed by atoms with van der Waals surface area (Å²) in [5, 5.41) is 23.1. The van der Waals surface area contributed by atoms with E-state index in [0.29, 0.717) is 6.42 Å². The predicted octanol–water partition coefficient (Wildman–Crippen LogP) is 17.4. The molecule has 0 aliphatic heterocycles. The average molecular weight is 860 g/mol. The van der Waals surface area contributed by atoms with Crippen LogP contribution in [0.3, 0.4) is 0 Å². The number of carbonyl (C=O) groups is 1. The molecule has 1 amide bonds. The van der Waals surface area contributed by atoms with E-state index in [4.69, 9.17) is 0 Å². The zero-order valence-corrected chi connectivity index (χ0v) is 40.9. The van der Waals surface area contributed by atoms with Crippen molar-refractivity contribution in [1.29, 1.82) is 0 Å². The predicted molar refractivity (Wildman–Crippen MR) is 276 cm³/mol. The van der Waals surface area contributed by atoms with Gasteiger partial charge in [-0.3, -0.25) is 4.79 Å². The van der Waals surface area contributed by atoms with Gasteiger partial charge in [-0.1, -0.05) is 246 Å². The van der Waals surface area contributed by atoms with Crippen molar-refractivity contribution in [2.45, 2.75) is 257 Å². The molecule has 0 saturated heterocycles. The van der Waals surface area contributed by atoms with Crippen molar-refractivity contribution in [2.75, 3.05) is 6.61 Å². The highest BCUT2D eigenvalue weighted by Crippen LogP contribution is 2.15. The fraction of sp³-hybridized carbons (Fsp3) is 0.707. The summed E-state index contributed by atoms with van der Waals surface area (Å²) in [5.41, 5.74) is 0. The van der Waals surface area contributed by atoms with Gasteiger partial charge in [-0.05, 0) is 89.9 Å². The molecule has 4 nitrogen and oxygen atoms in total. The molecule has 0 aromatic heterocycles. The molecule has 0 radical (unpaired) electrons. The lowest BCUT2D eigenvalue weighted by Gasteiger charge is -2.19. The Kier molecular flexibility index (Phi) is 50.4. The van der Waals surface area contributed by atoms with E-state index >= 15 is 0 Å². The summed E-state index contributed by atoms with van der Waals surface area (Å²) in [6, 6.07) is -0.649. The Labute approximate surface area is 385 Å². The minimum Gasteiger partial charge on any atom is -0.394 e. The van der Waals surface area contributed by atoms with Gasteiger partial charge in [0.15, 0.2) is 0 Å². The standard InChI is InChI=1S/C58H101NO3/c1-3-5-7-9-11-13-15-17-19-21-22-23-24-25-26-27-28-29-30-31-32-33-34-35-36-38-40-42-44-46-48-50-52-54-58(62)59-56(55-60)57(61)53-51-49-47-45-43-41-39-37-20-18-16-14-12-10-8-6-4-2/h5,7,11,13,17,19-20,22-23,25-26,37,43,45,51,53,56-57,60-61H,3-4,6,8-10,12,14-16,18,21,24,27-36,38-42,44,46-50,52,54-55H2,1-2H3,(H,59,62)/b7-5-,13-11-,19-17-,23-22-,26-25-,37-20+,45-43+,53-51+. The zero-order chi connectivity index (χ0) is 44.9. The number of hydrogen-bond acceptors (Lipinski definition) is 3. The van der Waals surface area contributed by atoms with Gasteiger partial charge in [0.1, 0.15) is 0 Å². The summed E-state index contributed by atoms with van der Waals surface area (Å²) >= 11 is 0. The Balaban J connectivity index is 3.55. The first-order valence-corrected chi connectivity index (χ1v) is 26.5. The largest absolute Gasteiger partial charge is 0.394 e. The van der Waals surface area contributed by atoms with Gasteiger partial charge < -0.3 is 15.5 Å². The van der Waals surface area contributed by atoms with Gasteiger partial charge in [-0.2, -0.15) is 0 Å². The molecule has 0 aromatic rings. The number of carbonyl (C=O) groups excluding carboxylic acids is 1. The normalized spacial score (nSPS) is 13.7. The minimum atomic E-state index is -0.874. The Bertz CT molecular complexity index is 1160. The Morgan fingerprint density at radius 3 is 1.13 bits per heavy atom. The SMILES string of the molecule is CC/C=C\C/C=C\C/C=C\C/C=C\C/C=C\CCCCCCCCCCCCCCCCCCCC(=O)NC(CO)C(O)/C=C/CC/C=C/CC/C=C/CCCCCCCCC. The topological polar surface area (TPSA) is 69.6 Å². The van der Waals surface area contributed by atoms with Crippen LogP contribution in [0, 0.1) is 0 Å². The molecule has 0 aliphatic rings. The van der Waals surface area contributed by atoms with E-state index in [1.54, 1.807) is 6.08 Å². The molecule has 0 spiro atoms. The second-order valence-corrected chi connectivity index (χ2v) is 17.5. The third kappa shape index (κ3) is 48.3. The first-order chi connectivity index (χ1) is 30.7. The van der Waals surface area contributed by atoms with E-state index < -0.39 is 12.1 Å². The second kappa shape index (κ2) is 52.7. The molecule has 0 bridgehead atoms. The van der Waals surface area contributed by atoms with E-state index in [0.717, 1.165) is 70.6 Å². The molecule has 0 heterocycles. The average Bonchev–Trinajstić information content (AvgIpc) is 3.28.